The van der Waals surface area contributed by atoms with Crippen LogP contribution in [0.1, 0.15) is 22.5 Å². The van der Waals surface area contributed by atoms with Crippen LogP contribution in [0.5, 0.6) is 0 Å². The van der Waals surface area contributed by atoms with Crippen LogP contribution in [0.25, 0.3) is 0 Å². The van der Waals surface area contributed by atoms with E-state index in [9.17, 15) is 4.39 Å². The van der Waals surface area contributed by atoms with Gasteiger partial charge in [-0.25, -0.2) is 4.39 Å². The van der Waals surface area contributed by atoms with E-state index in [1.54, 1.807) is 12.1 Å². The molecule has 0 amide bonds. The number of pyridine rings is 1. The summed E-state index contributed by atoms with van der Waals surface area (Å²) >= 11 is 0. The fraction of sp³-hybridized carbons (Fsp3) is 0.250. The second-order valence-corrected chi connectivity index (χ2v) is 5.16. The SMILES string of the molecule is Cc1cccc(CN(C)Cc2ccc(C(=N)N)cc2F)n1. The third kappa shape index (κ3) is 4.10. The van der Waals surface area contributed by atoms with E-state index >= 15 is 0 Å². The van der Waals surface area contributed by atoms with Crippen LogP contribution < -0.4 is 5.73 Å². The average Bonchev–Trinajstić information content (AvgIpc) is 2.40. The van der Waals surface area contributed by atoms with Gasteiger partial charge in [-0.1, -0.05) is 18.2 Å². The van der Waals surface area contributed by atoms with Crippen molar-refractivity contribution < 1.29 is 4.39 Å². The minimum Gasteiger partial charge on any atom is -0.384 e. The van der Waals surface area contributed by atoms with E-state index in [2.05, 4.69) is 4.98 Å². The summed E-state index contributed by atoms with van der Waals surface area (Å²) in [6, 6.07) is 10.5. The Morgan fingerprint density at radius 2 is 2.05 bits per heavy atom. The van der Waals surface area contributed by atoms with E-state index in [4.69, 9.17) is 11.1 Å². The van der Waals surface area contributed by atoms with Crippen LogP contribution in [-0.2, 0) is 13.1 Å². The number of hydrogen-bond acceptors (Lipinski definition) is 3. The first-order valence-corrected chi connectivity index (χ1v) is 6.69. The third-order valence-corrected chi connectivity index (χ3v) is 3.18. The molecule has 5 heteroatoms. The Labute approximate surface area is 123 Å². The van der Waals surface area contributed by atoms with E-state index in [-0.39, 0.29) is 11.7 Å². The molecule has 0 unspecified atom stereocenters. The fourth-order valence-corrected chi connectivity index (χ4v) is 2.15. The monoisotopic (exact) mass is 286 g/mol. The molecule has 0 saturated heterocycles. The van der Waals surface area contributed by atoms with Gasteiger partial charge in [0.25, 0.3) is 0 Å². The number of halogens is 1. The van der Waals surface area contributed by atoms with Crippen LogP contribution in [0, 0.1) is 18.2 Å². The van der Waals surface area contributed by atoms with Crippen molar-refractivity contribution in [1.82, 2.24) is 9.88 Å². The van der Waals surface area contributed by atoms with Crippen LogP contribution in [0.3, 0.4) is 0 Å². The first-order chi connectivity index (χ1) is 9.95. The molecule has 4 nitrogen and oxygen atoms in total. The maximum Gasteiger partial charge on any atom is 0.128 e. The average molecular weight is 286 g/mol. The molecule has 21 heavy (non-hydrogen) atoms. The molecular weight excluding hydrogens is 267 g/mol. The van der Waals surface area contributed by atoms with Gasteiger partial charge < -0.3 is 5.73 Å². The Hall–Kier alpha value is -2.27. The molecule has 1 aromatic carbocycles. The zero-order valence-corrected chi connectivity index (χ0v) is 12.2. The lowest BCUT2D eigenvalue weighted by atomic mass is 10.1. The van der Waals surface area contributed by atoms with Gasteiger partial charge in [-0.3, -0.25) is 15.3 Å². The minimum absolute atomic E-state index is 0.127. The molecule has 0 saturated carbocycles. The molecule has 0 radical (unpaired) electrons. The molecule has 3 N–H and O–H groups in total. The molecule has 0 aliphatic rings. The van der Waals surface area contributed by atoms with Crippen molar-refractivity contribution in [3.63, 3.8) is 0 Å². The Balaban J connectivity index is 2.06. The molecule has 0 spiro atoms. The van der Waals surface area contributed by atoms with Crippen molar-refractivity contribution in [2.45, 2.75) is 20.0 Å². The summed E-state index contributed by atoms with van der Waals surface area (Å²) in [5.74, 6) is -0.468. The summed E-state index contributed by atoms with van der Waals surface area (Å²) in [5, 5.41) is 7.31. The first kappa shape index (κ1) is 15.1. The van der Waals surface area contributed by atoms with Gasteiger partial charge in [-0.05, 0) is 32.2 Å². The van der Waals surface area contributed by atoms with E-state index in [0.29, 0.717) is 24.2 Å². The molecule has 110 valence electrons. The highest BCUT2D eigenvalue weighted by Gasteiger charge is 2.09. The lowest BCUT2D eigenvalue weighted by Gasteiger charge is -2.17. The number of nitrogens with two attached hydrogens (primary N) is 1. The number of nitrogen functional groups attached to an aromatic ring is 1. The predicted molar refractivity (Wildman–Crippen MR) is 81.6 cm³/mol. The fourth-order valence-electron chi connectivity index (χ4n) is 2.15. The zero-order valence-electron chi connectivity index (χ0n) is 12.2. The van der Waals surface area contributed by atoms with Crippen molar-refractivity contribution >= 4 is 5.84 Å². The summed E-state index contributed by atoms with van der Waals surface area (Å²) in [6.45, 7) is 3.07. The van der Waals surface area contributed by atoms with Crippen LogP contribution >= 0.6 is 0 Å². The first-order valence-electron chi connectivity index (χ1n) is 6.69. The summed E-state index contributed by atoms with van der Waals surface area (Å²) in [7, 11) is 1.92. The molecule has 0 bridgehead atoms. The Bertz CT molecular complexity index is 654. The molecule has 2 aromatic rings. The van der Waals surface area contributed by atoms with Gasteiger partial charge in [-0.15, -0.1) is 0 Å². The molecule has 2 rings (SSSR count). The van der Waals surface area contributed by atoms with Crippen LogP contribution in [0.2, 0.25) is 0 Å². The third-order valence-electron chi connectivity index (χ3n) is 3.18. The zero-order chi connectivity index (χ0) is 15.4. The Morgan fingerprint density at radius 3 is 2.67 bits per heavy atom. The van der Waals surface area contributed by atoms with E-state index in [1.165, 1.54) is 6.07 Å². The van der Waals surface area contributed by atoms with Crippen molar-refractivity contribution in [3.05, 3.63) is 64.7 Å². The van der Waals surface area contributed by atoms with Crippen molar-refractivity contribution in [2.75, 3.05) is 7.05 Å². The topological polar surface area (TPSA) is 66.0 Å². The van der Waals surface area contributed by atoms with Crippen LogP contribution in [0.4, 0.5) is 4.39 Å². The van der Waals surface area contributed by atoms with Gasteiger partial charge in [0, 0.05) is 29.9 Å². The predicted octanol–water partition coefficient (Wildman–Crippen LogP) is 2.45. The molecule has 0 atom stereocenters. The number of hydrogen-bond donors (Lipinski definition) is 2. The smallest absolute Gasteiger partial charge is 0.128 e. The highest BCUT2D eigenvalue weighted by Crippen LogP contribution is 2.13. The van der Waals surface area contributed by atoms with Gasteiger partial charge in [0.2, 0.25) is 0 Å². The quantitative estimate of drug-likeness (QED) is 0.655. The maximum absolute atomic E-state index is 14.0. The van der Waals surface area contributed by atoms with Crippen LogP contribution in [0.15, 0.2) is 36.4 Å². The normalized spacial score (nSPS) is 10.9. The lowest BCUT2D eigenvalue weighted by molar-refractivity contribution is 0.309. The van der Waals surface area contributed by atoms with E-state index < -0.39 is 0 Å². The molecule has 0 fully saturated rings. The number of amidine groups is 1. The van der Waals surface area contributed by atoms with Gasteiger partial charge >= 0.3 is 0 Å². The van der Waals surface area contributed by atoms with E-state index in [0.717, 1.165) is 11.4 Å². The largest absolute Gasteiger partial charge is 0.384 e. The Morgan fingerprint density at radius 1 is 1.29 bits per heavy atom. The molecule has 0 aliphatic heterocycles. The molecule has 0 aliphatic carbocycles. The van der Waals surface area contributed by atoms with Gasteiger partial charge in [-0.2, -0.15) is 0 Å². The number of aromatic nitrogens is 1. The highest BCUT2D eigenvalue weighted by atomic mass is 19.1. The van der Waals surface area contributed by atoms with Gasteiger partial charge in [0.15, 0.2) is 0 Å². The number of nitrogens with one attached hydrogen (secondary N) is 1. The second-order valence-electron chi connectivity index (χ2n) is 5.16. The minimum atomic E-state index is -0.341. The summed E-state index contributed by atoms with van der Waals surface area (Å²) in [6.07, 6.45) is 0. The summed E-state index contributed by atoms with van der Waals surface area (Å²) < 4.78 is 14.0. The van der Waals surface area contributed by atoms with Crippen molar-refractivity contribution in [3.8, 4) is 0 Å². The standard InChI is InChI=1S/C16H19FN4/c1-11-4-3-5-14(20-11)10-21(2)9-13-7-6-12(16(18)19)8-15(13)17/h3-8H,9-10H2,1-2H3,(H3,18,19). The molecule has 1 heterocycles. The van der Waals surface area contributed by atoms with Gasteiger partial charge in [0.1, 0.15) is 11.7 Å². The van der Waals surface area contributed by atoms with Crippen molar-refractivity contribution in [1.29, 1.82) is 5.41 Å². The maximum atomic E-state index is 14.0. The Kier molecular flexibility index (Phi) is 4.65. The number of nitrogens with zero attached hydrogens (tertiary/aromatic N) is 2. The summed E-state index contributed by atoms with van der Waals surface area (Å²) in [4.78, 5) is 6.43. The van der Waals surface area contributed by atoms with Crippen LogP contribution in [-0.4, -0.2) is 22.8 Å². The van der Waals surface area contributed by atoms with Gasteiger partial charge in [0.05, 0.1) is 5.69 Å². The second kappa shape index (κ2) is 6.45. The van der Waals surface area contributed by atoms with E-state index in [1.807, 2.05) is 37.1 Å². The summed E-state index contributed by atoms with van der Waals surface area (Å²) in [5.41, 5.74) is 8.26. The number of rotatable bonds is 5. The lowest BCUT2D eigenvalue weighted by Crippen LogP contribution is -2.19. The van der Waals surface area contributed by atoms with Crippen molar-refractivity contribution in [2.24, 2.45) is 5.73 Å². The molecule has 1 aromatic heterocycles. The highest BCUT2D eigenvalue weighted by molar-refractivity contribution is 5.94. The number of aryl methyl sites for hydroxylation is 1. The number of benzene rings is 1. The molecular formula is C16H19FN4.